The van der Waals surface area contributed by atoms with E-state index in [0.717, 1.165) is 17.1 Å². The first-order valence-electron chi connectivity index (χ1n) is 15.4. The van der Waals surface area contributed by atoms with Gasteiger partial charge in [-0.3, -0.25) is 0 Å². The molecule has 0 unspecified atom stereocenters. The molecule has 0 aliphatic carbocycles. The Morgan fingerprint density at radius 1 is 0.333 bits per heavy atom. The van der Waals surface area contributed by atoms with Crippen LogP contribution in [0.2, 0.25) is 0 Å². The van der Waals surface area contributed by atoms with Crippen molar-refractivity contribution in [1.82, 2.24) is 0 Å². The third-order valence-corrected chi connectivity index (χ3v) is 8.81. The van der Waals surface area contributed by atoms with Crippen LogP contribution in [0.5, 0.6) is 0 Å². The van der Waals surface area contributed by atoms with Crippen LogP contribution in [0.1, 0.15) is 0 Å². The Balaban J connectivity index is 1.08. The lowest BCUT2D eigenvalue weighted by atomic mass is 10.0. The minimum atomic E-state index is 1.13. The molecular formula is C43H32N2. The largest absolute Gasteiger partial charge is 0.345 e. The molecule has 0 aliphatic rings. The molecule has 2 nitrogen and oxygen atoms in total. The van der Waals surface area contributed by atoms with E-state index in [9.17, 15) is 0 Å². The standard InChI is InChI=1S/C43H32N2/c1-44(41-27-22-36-28-34-11-5-6-12-35(34)29-37(36)30-41)38-23-18-31(19-24-38)32-20-25-40(26-21-32)45(39-14-3-2-4-15-39)43-17-9-13-33-10-7-8-16-42(33)43/h2-30H,1H3. The first-order chi connectivity index (χ1) is 22.2. The van der Waals surface area contributed by atoms with Crippen LogP contribution in [0.25, 0.3) is 43.4 Å². The van der Waals surface area contributed by atoms with Gasteiger partial charge in [-0.25, -0.2) is 0 Å². The van der Waals surface area contributed by atoms with E-state index in [0.29, 0.717) is 0 Å². The van der Waals surface area contributed by atoms with Gasteiger partial charge in [0.2, 0.25) is 0 Å². The predicted molar refractivity (Wildman–Crippen MR) is 194 cm³/mol. The number of fused-ring (bicyclic) bond motifs is 3. The molecule has 0 atom stereocenters. The van der Waals surface area contributed by atoms with Gasteiger partial charge in [0.05, 0.1) is 5.69 Å². The Morgan fingerprint density at radius 2 is 0.844 bits per heavy atom. The summed E-state index contributed by atoms with van der Waals surface area (Å²) in [7, 11) is 2.14. The monoisotopic (exact) mass is 576 g/mol. The smallest absolute Gasteiger partial charge is 0.0540 e. The van der Waals surface area contributed by atoms with Crippen LogP contribution < -0.4 is 9.80 Å². The minimum Gasteiger partial charge on any atom is -0.345 e. The van der Waals surface area contributed by atoms with Crippen molar-refractivity contribution in [3.05, 3.63) is 176 Å². The molecule has 0 amide bonds. The zero-order valence-corrected chi connectivity index (χ0v) is 25.1. The maximum atomic E-state index is 2.34. The third kappa shape index (κ3) is 5.07. The number of para-hydroxylation sites is 1. The van der Waals surface area contributed by atoms with E-state index in [1.54, 1.807) is 0 Å². The Morgan fingerprint density at radius 3 is 1.56 bits per heavy atom. The lowest BCUT2D eigenvalue weighted by Gasteiger charge is -2.27. The highest BCUT2D eigenvalue weighted by molar-refractivity contribution is 6.00. The lowest BCUT2D eigenvalue weighted by molar-refractivity contribution is 1.21. The topological polar surface area (TPSA) is 6.48 Å². The summed E-state index contributed by atoms with van der Waals surface area (Å²) in [5.74, 6) is 0. The van der Waals surface area contributed by atoms with Gasteiger partial charge in [-0.2, -0.15) is 0 Å². The molecule has 0 heterocycles. The van der Waals surface area contributed by atoms with Crippen molar-refractivity contribution in [2.45, 2.75) is 0 Å². The molecule has 0 spiro atoms. The molecule has 8 rings (SSSR count). The highest BCUT2D eigenvalue weighted by Crippen LogP contribution is 2.39. The van der Waals surface area contributed by atoms with Gasteiger partial charge >= 0.3 is 0 Å². The quantitative estimate of drug-likeness (QED) is 0.182. The normalized spacial score (nSPS) is 11.2. The SMILES string of the molecule is CN(c1ccc(-c2ccc(N(c3ccccc3)c3cccc4ccccc34)cc2)cc1)c1ccc2cc3ccccc3cc2c1. The van der Waals surface area contributed by atoms with Crippen molar-refractivity contribution in [2.24, 2.45) is 0 Å². The lowest BCUT2D eigenvalue weighted by Crippen LogP contribution is -2.10. The highest BCUT2D eigenvalue weighted by Gasteiger charge is 2.15. The second-order valence-electron chi connectivity index (χ2n) is 11.6. The molecule has 0 radical (unpaired) electrons. The first-order valence-corrected chi connectivity index (χ1v) is 15.4. The molecule has 214 valence electrons. The fraction of sp³-hybridized carbons (Fsp3) is 0.0233. The molecule has 0 aliphatic heterocycles. The number of rotatable bonds is 6. The Kier molecular flexibility index (Phi) is 6.73. The molecular weight excluding hydrogens is 544 g/mol. The van der Waals surface area contributed by atoms with E-state index < -0.39 is 0 Å². The zero-order chi connectivity index (χ0) is 30.2. The zero-order valence-electron chi connectivity index (χ0n) is 25.1. The number of hydrogen-bond donors (Lipinski definition) is 0. The summed E-state index contributed by atoms with van der Waals surface area (Å²) in [5.41, 5.74) is 8.14. The van der Waals surface area contributed by atoms with Crippen molar-refractivity contribution in [3.8, 4) is 11.1 Å². The van der Waals surface area contributed by atoms with Crippen LogP contribution >= 0.6 is 0 Å². The average Bonchev–Trinajstić information content (AvgIpc) is 3.11. The molecule has 0 fully saturated rings. The van der Waals surface area contributed by atoms with Gasteiger partial charge in [0.1, 0.15) is 0 Å². The number of benzene rings is 8. The van der Waals surface area contributed by atoms with Crippen LogP contribution in [0.15, 0.2) is 176 Å². The van der Waals surface area contributed by atoms with Gasteiger partial charge in [-0.05, 0) is 105 Å². The van der Waals surface area contributed by atoms with Gasteiger partial charge in [0.25, 0.3) is 0 Å². The molecule has 8 aromatic carbocycles. The number of anilines is 5. The van der Waals surface area contributed by atoms with Crippen molar-refractivity contribution in [3.63, 3.8) is 0 Å². The molecule has 0 N–H and O–H groups in total. The van der Waals surface area contributed by atoms with E-state index in [1.165, 1.54) is 54.8 Å². The Labute approximate surface area is 264 Å². The molecule has 0 saturated carbocycles. The van der Waals surface area contributed by atoms with E-state index >= 15 is 0 Å². The second-order valence-corrected chi connectivity index (χ2v) is 11.6. The van der Waals surface area contributed by atoms with Crippen molar-refractivity contribution < 1.29 is 0 Å². The van der Waals surface area contributed by atoms with Gasteiger partial charge in [0, 0.05) is 35.2 Å². The molecule has 45 heavy (non-hydrogen) atoms. The molecule has 0 aromatic heterocycles. The van der Waals surface area contributed by atoms with Crippen molar-refractivity contribution in [1.29, 1.82) is 0 Å². The van der Waals surface area contributed by atoms with E-state index in [-0.39, 0.29) is 0 Å². The minimum absolute atomic E-state index is 1.13. The summed E-state index contributed by atoms with van der Waals surface area (Å²) >= 11 is 0. The van der Waals surface area contributed by atoms with Crippen LogP contribution in [0.3, 0.4) is 0 Å². The first kappa shape index (κ1) is 26.7. The highest BCUT2D eigenvalue weighted by atomic mass is 15.1. The summed E-state index contributed by atoms with van der Waals surface area (Å²) in [6, 6.07) is 63.3. The maximum Gasteiger partial charge on any atom is 0.0540 e. The average molecular weight is 577 g/mol. The van der Waals surface area contributed by atoms with E-state index in [2.05, 4.69) is 193 Å². The summed E-state index contributed by atoms with van der Waals surface area (Å²) in [4.78, 5) is 4.60. The summed E-state index contributed by atoms with van der Waals surface area (Å²) in [5, 5.41) is 7.51. The van der Waals surface area contributed by atoms with Crippen LogP contribution in [-0.4, -0.2) is 7.05 Å². The van der Waals surface area contributed by atoms with Gasteiger partial charge in [-0.1, -0.05) is 109 Å². The van der Waals surface area contributed by atoms with Gasteiger partial charge in [-0.15, -0.1) is 0 Å². The Bertz CT molecular complexity index is 2260. The summed E-state index contributed by atoms with van der Waals surface area (Å²) in [6.45, 7) is 0. The third-order valence-electron chi connectivity index (χ3n) is 8.81. The van der Waals surface area contributed by atoms with E-state index in [1.807, 2.05) is 0 Å². The van der Waals surface area contributed by atoms with Crippen LogP contribution in [0.4, 0.5) is 28.4 Å². The Hall–Kier alpha value is -5.86. The molecule has 2 heteroatoms. The second kappa shape index (κ2) is 11.3. The van der Waals surface area contributed by atoms with Crippen molar-refractivity contribution in [2.75, 3.05) is 16.8 Å². The fourth-order valence-corrected chi connectivity index (χ4v) is 6.37. The number of hydrogen-bond acceptors (Lipinski definition) is 2. The maximum absolute atomic E-state index is 2.34. The fourth-order valence-electron chi connectivity index (χ4n) is 6.37. The molecule has 8 aromatic rings. The van der Waals surface area contributed by atoms with Gasteiger partial charge < -0.3 is 9.80 Å². The predicted octanol–water partition coefficient (Wildman–Crippen LogP) is 12.1. The molecule has 0 saturated heterocycles. The number of nitrogens with zero attached hydrogens (tertiary/aromatic N) is 2. The molecule has 0 bridgehead atoms. The summed E-state index contributed by atoms with van der Waals surface area (Å²) in [6.07, 6.45) is 0. The van der Waals surface area contributed by atoms with E-state index in [4.69, 9.17) is 0 Å². The summed E-state index contributed by atoms with van der Waals surface area (Å²) < 4.78 is 0. The van der Waals surface area contributed by atoms with Crippen molar-refractivity contribution >= 4 is 60.8 Å². The van der Waals surface area contributed by atoms with Crippen LogP contribution in [0, 0.1) is 0 Å². The van der Waals surface area contributed by atoms with Gasteiger partial charge in [0.15, 0.2) is 0 Å². The van der Waals surface area contributed by atoms with Crippen LogP contribution in [-0.2, 0) is 0 Å².